The summed E-state index contributed by atoms with van der Waals surface area (Å²) < 4.78 is 12.3. The Morgan fingerprint density at radius 1 is 1.12 bits per heavy atom. The molecule has 0 fully saturated rings. The Morgan fingerprint density at radius 2 is 1.97 bits per heavy atom. The zero-order valence-electron chi connectivity index (χ0n) is 17.4. The standard InChI is InChI=1S/C24H20N4O4/c1-31-20-5-2-16(3-6-20)14-28-24(30)21-7-4-19(11-18(21)13-26-28)27-8-9-32-22-10-17(15-29)12-25-23(22)27/h2-7,10-13,15H,8-9,14H2,1H3. The molecule has 0 bridgehead atoms. The van der Waals surface area contributed by atoms with Crippen molar-refractivity contribution in [3.8, 4) is 11.5 Å². The molecule has 4 aromatic rings. The van der Waals surface area contributed by atoms with Crippen LogP contribution in [0.2, 0.25) is 0 Å². The number of anilines is 2. The van der Waals surface area contributed by atoms with Crippen molar-refractivity contribution in [1.29, 1.82) is 0 Å². The van der Waals surface area contributed by atoms with Gasteiger partial charge in [-0.3, -0.25) is 9.59 Å². The number of hydrogen-bond donors (Lipinski definition) is 0. The van der Waals surface area contributed by atoms with Crippen LogP contribution >= 0.6 is 0 Å². The summed E-state index contributed by atoms with van der Waals surface area (Å²) in [7, 11) is 1.62. The normalized spacial score (nSPS) is 12.8. The third-order valence-electron chi connectivity index (χ3n) is 5.46. The Bertz CT molecular complexity index is 1370. The van der Waals surface area contributed by atoms with Crippen LogP contribution in [0.4, 0.5) is 11.5 Å². The molecule has 2 aromatic carbocycles. The number of carbonyl (C=O) groups excluding carboxylic acids is 1. The van der Waals surface area contributed by atoms with E-state index in [4.69, 9.17) is 9.47 Å². The number of fused-ring (bicyclic) bond motifs is 2. The maximum Gasteiger partial charge on any atom is 0.274 e. The molecule has 0 saturated carbocycles. The number of carbonyl (C=O) groups is 1. The van der Waals surface area contributed by atoms with Gasteiger partial charge in [-0.05, 0) is 42.0 Å². The van der Waals surface area contributed by atoms with Crippen LogP contribution in [-0.4, -0.2) is 41.3 Å². The number of methoxy groups -OCH3 is 1. The van der Waals surface area contributed by atoms with Crippen molar-refractivity contribution < 1.29 is 14.3 Å². The van der Waals surface area contributed by atoms with Crippen molar-refractivity contribution in [2.24, 2.45) is 0 Å². The topological polar surface area (TPSA) is 86.5 Å². The van der Waals surface area contributed by atoms with Crippen molar-refractivity contribution >= 4 is 28.6 Å². The van der Waals surface area contributed by atoms with Gasteiger partial charge in [0.25, 0.3) is 5.56 Å². The number of aldehydes is 1. The first-order valence-corrected chi connectivity index (χ1v) is 10.1. The summed E-state index contributed by atoms with van der Waals surface area (Å²) in [6, 6.07) is 14.9. The van der Waals surface area contributed by atoms with Crippen LogP contribution in [0.15, 0.2) is 65.7 Å². The van der Waals surface area contributed by atoms with Crippen LogP contribution in [0.25, 0.3) is 10.8 Å². The third kappa shape index (κ3) is 3.56. The molecular formula is C24H20N4O4. The lowest BCUT2D eigenvalue weighted by Gasteiger charge is -2.30. The second kappa shape index (κ2) is 8.14. The minimum Gasteiger partial charge on any atom is -0.497 e. The quantitative estimate of drug-likeness (QED) is 0.451. The van der Waals surface area contributed by atoms with E-state index < -0.39 is 0 Å². The average Bonchev–Trinajstić information content (AvgIpc) is 2.85. The maximum absolute atomic E-state index is 13.0. The van der Waals surface area contributed by atoms with E-state index in [0.717, 1.165) is 28.7 Å². The monoisotopic (exact) mass is 428 g/mol. The number of ether oxygens (including phenoxy) is 2. The number of benzene rings is 2. The van der Waals surface area contributed by atoms with Gasteiger partial charge >= 0.3 is 0 Å². The highest BCUT2D eigenvalue weighted by molar-refractivity contribution is 5.86. The van der Waals surface area contributed by atoms with Gasteiger partial charge in [0.1, 0.15) is 12.4 Å². The molecule has 0 radical (unpaired) electrons. The van der Waals surface area contributed by atoms with Crippen molar-refractivity contribution in [3.63, 3.8) is 0 Å². The Balaban J connectivity index is 1.47. The van der Waals surface area contributed by atoms with Gasteiger partial charge in [-0.25, -0.2) is 9.67 Å². The smallest absolute Gasteiger partial charge is 0.274 e. The molecule has 1 aliphatic heterocycles. The third-order valence-corrected chi connectivity index (χ3v) is 5.46. The number of rotatable bonds is 5. The van der Waals surface area contributed by atoms with Crippen molar-refractivity contribution in [1.82, 2.24) is 14.8 Å². The molecule has 0 unspecified atom stereocenters. The lowest BCUT2D eigenvalue weighted by Crippen LogP contribution is -2.29. The van der Waals surface area contributed by atoms with Crippen molar-refractivity contribution in [2.45, 2.75) is 6.54 Å². The Kier molecular flexibility index (Phi) is 5.03. The molecule has 5 rings (SSSR count). The molecule has 0 aliphatic carbocycles. The van der Waals surface area contributed by atoms with Crippen molar-refractivity contribution in [3.05, 3.63) is 82.4 Å². The first-order chi connectivity index (χ1) is 15.7. The summed E-state index contributed by atoms with van der Waals surface area (Å²) in [4.78, 5) is 30.5. The van der Waals surface area contributed by atoms with Gasteiger partial charge in [0, 0.05) is 22.8 Å². The summed E-state index contributed by atoms with van der Waals surface area (Å²) in [6.07, 6.45) is 3.97. The summed E-state index contributed by atoms with van der Waals surface area (Å²) in [5.41, 5.74) is 2.15. The summed E-state index contributed by atoms with van der Waals surface area (Å²) >= 11 is 0. The molecule has 0 N–H and O–H groups in total. The Morgan fingerprint density at radius 3 is 2.75 bits per heavy atom. The summed E-state index contributed by atoms with van der Waals surface area (Å²) in [5, 5.41) is 5.71. The SMILES string of the molecule is COc1ccc(Cn2ncc3cc(N4CCOc5cc(C=O)cnc54)ccc3c2=O)cc1. The minimum atomic E-state index is -0.152. The summed E-state index contributed by atoms with van der Waals surface area (Å²) in [6.45, 7) is 1.45. The Labute approximate surface area is 183 Å². The van der Waals surface area contributed by atoms with Gasteiger partial charge in [-0.15, -0.1) is 0 Å². The highest BCUT2D eigenvalue weighted by Crippen LogP contribution is 2.35. The second-order valence-electron chi connectivity index (χ2n) is 7.44. The predicted molar refractivity (Wildman–Crippen MR) is 120 cm³/mol. The van der Waals surface area contributed by atoms with Crippen LogP contribution in [0.5, 0.6) is 11.5 Å². The molecule has 0 atom stereocenters. The van der Waals surface area contributed by atoms with Crippen LogP contribution in [-0.2, 0) is 6.54 Å². The number of pyridine rings is 1. The highest BCUT2D eigenvalue weighted by Gasteiger charge is 2.22. The molecule has 160 valence electrons. The van der Waals surface area contributed by atoms with E-state index in [0.29, 0.717) is 42.2 Å². The van der Waals surface area contributed by atoms with Gasteiger partial charge in [0.2, 0.25) is 0 Å². The van der Waals surface area contributed by atoms with Crippen molar-refractivity contribution in [2.75, 3.05) is 25.2 Å². The fraction of sp³-hybridized carbons (Fsp3) is 0.167. The van der Waals surface area contributed by atoms with E-state index in [-0.39, 0.29) is 5.56 Å². The molecule has 8 nitrogen and oxygen atoms in total. The fourth-order valence-electron chi connectivity index (χ4n) is 3.79. The lowest BCUT2D eigenvalue weighted by atomic mass is 10.1. The van der Waals surface area contributed by atoms with Gasteiger partial charge in [-0.2, -0.15) is 5.10 Å². The number of aromatic nitrogens is 3. The minimum absolute atomic E-state index is 0.152. The molecule has 3 heterocycles. The van der Waals surface area contributed by atoms with E-state index in [1.807, 2.05) is 47.4 Å². The average molecular weight is 428 g/mol. The van der Waals surface area contributed by atoms with Gasteiger partial charge < -0.3 is 14.4 Å². The molecule has 0 saturated heterocycles. The lowest BCUT2D eigenvalue weighted by molar-refractivity contribution is 0.112. The predicted octanol–water partition coefficient (Wildman–Crippen LogP) is 3.19. The fourth-order valence-corrected chi connectivity index (χ4v) is 3.79. The summed E-state index contributed by atoms with van der Waals surface area (Å²) in [5.74, 6) is 1.97. The molecule has 0 spiro atoms. The van der Waals surface area contributed by atoms with E-state index >= 15 is 0 Å². The zero-order chi connectivity index (χ0) is 22.1. The van der Waals surface area contributed by atoms with Crippen LogP contribution in [0.1, 0.15) is 15.9 Å². The van der Waals surface area contributed by atoms with E-state index in [1.54, 1.807) is 19.4 Å². The van der Waals surface area contributed by atoms with Gasteiger partial charge in [0.05, 0.1) is 31.8 Å². The Hall–Kier alpha value is -4.20. The van der Waals surface area contributed by atoms with Crippen LogP contribution in [0.3, 0.4) is 0 Å². The maximum atomic E-state index is 13.0. The van der Waals surface area contributed by atoms with Gasteiger partial charge in [0.15, 0.2) is 17.9 Å². The molecule has 32 heavy (non-hydrogen) atoms. The van der Waals surface area contributed by atoms with E-state index in [9.17, 15) is 9.59 Å². The molecular weight excluding hydrogens is 408 g/mol. The van der Waals surface area contributed by atoms with Crippen LogP contribution < -0.4 is 19.9 Å². The van der Waals surface area contributed by atoms with Crippen LogP contribution in [0, 0.1) is 0 Å². The first kappa shape index (κ1) is 19.7. The molecule has 1 aliphatic rings. The largest absolute Gasteiger partial charge is 0.497 e. The first-order valence-electron chi connectivity index (χ1n) is 10.1. The highest BCUT2D eigenvalue weighted by atomic mass is 16.5. The molecule has 2 aromatic heterocycles. The van der Waals surface area contributed by atoms with Gasteiger partial charge in [-0.1, -0.05) is 12.1 Å². The number of nitrogens with zero attached hydrogens (tertiary/aromatic N) is 4. The number of hydrogen-bond acceptors (Lipinski definition) is 7. The zero-order valence-corrected chi connectivity index (χ0v) is 17.4. The van der Waals surface area contributed by atoms with E-state index in [2.05, 4.69) is 10.1 Å². The second-order valence-corrected chi connectivity index (χ2v) is 7.44. The van der Waals surface area contributed by atoms with E-state index in [1.165, 1.54) is 10.9 Å². The molecule has 8 heteroatoms. The molecule has 0 amide bonds.